The van der Waals surface area contributed by atoms with Gasteiger partial charge in [-0.1, -0.05) is 0 Å². The van der Waals surface area contributed by atoms with Crippen molar-refractivity contribution in [2.75, 3.05) is 40.7 Å². The van der Waals surface area contributed by atoms with Gasteiger partial charge in [0.15, 0.2) is 11.5 Å². The Bertz CT molecular complexity index is 688. The van der Waals surface area contributed by atoms with Gasteiger partial charge in [-0.3, -0.25) is 4.79 Å². The maximum atomic E-state index is 12.1. The Morgan fingerprint density at radius 1 is 1.17 bits per heavy atom. The first-order chi connectivity index (χ1) is 11.3. The van der Waals surface area contributed by atoms with Gasteiger partial charge in [0, 0.05) is 19.6 Å². The summed E-state index contributed by atoms with van der Waals surface area (Å²) in [5.41, 5.74) is 0.789. The highest BCUT2D eigenvalue weighted by Gasteiger charge is 2.37. The summed E-state index contributed by atoms with van der Waals surface area (Å²) < 4.78 is 39.7. The second-order valence-corrected chi connectivity index (χ2v) is 7.51. The molecule has 0 aromatic heterocycles. The van der Waals surface area contributed by atoms with E-state index < -0.39 is 10.0 Å². The fraction of sp³-hybridized carbons (Fsp3) is 0.533. The van der Waals surface area contributed by atoms with E-state index in [1.165, 1.54) is 25.6 Å². The van der Waals surface area contributed by atoms with E-state index in [-0.39, 0.29) is 31.5 Å². The van der Waals surface area contributed by atoms with E-state index in [4.69, 9.17) is 14.2 Å². The van der Waals surface area contributed by atoms with E-state index in [9.17, 15) is 13.2 Å². The number of nitrogens with one attached hydrogen (secondary N) is 1. The van der Waals surface area contributed by atoms with Crippen LogP contribution < -0.4 is 19.5 Å². The van der Waals surface area contributed by atoms with Crippen LogP contribution in [0, 0.1) is 5.92 Å². The van der Waals surface area contributed by atoms with Crippen molar-refractivity contribution in [1.82, 2.24) is 9.62 Å². The minimum atomic E-state index is -3.22. The van der Waals surface area contributed by atoms with Crippen molar-refractivity contribution in [2.24, 2.45) is 5.92 Å². The number of carbonyl (C=O) groups excluding carboxylic acids is 1. The van der Waals surface area contributed by atoms with Crippen molar-refractivity contribution in [1.29, 1.82) is 0 Å². The maximum Gasteiger partial charge on any atom is 0.226 e. The molecule has 9 heteroatoms. The van der Waals surface area contributed by atoms with Crippen LogP contribution in [-0.2, 0) is 21.4 Å². The zero-order valence-electron chi connectivity index (χ0n) is 14.2. The summed E-state index contributed by atoms with van der Waals surface area (Å²) in [6, 6.07) is 3.51. The first-order valence-electron chi connectivity index (χ1n) is 7.31. The van der Waals surface area contributed by atoms with Crippen molar-refractivity contribution in [3.63, 3.8) is 0 Å². The zero-order valence-corrected chi connectivity index (χ0v) is 15.0. The Balaban J connectivity index is 1.98. The number of nitrogens with zero attached hydrogens (tertiary/aromatic N) is 1. The Kier molecular flexibility index (Phi) is 5.55. The van der Waals surface area contributed by atoms with Crippen molar-refractivity contribution >= 4 is 15.9 Å². The molecule has 0 bridgehead atoms. The van der Waals surface area contributed by atoms with Crippen molar-refractivity contribution in [3.05, 3.63) is 17.7 Å². The largest absolute Gasteiger partial charge is 0.493 e. The Morgan fingerprint density at radius 3 is 2.12 bits per heavy atom. The fourth-order valence-corrected chi connectivity index (χ4v) is 3.35. The molecule has 0 spiro atoms. The first-order valence-corrected chi connectivity index (χ1v) is 9.16. The second-order valence-electron chi connectivity index (χ2n) is 5.53. The van der Waals surface area contributed by atoms with Crippen LogP contribution in [0.25, 0.3) is 0 Å². The van der Waals surface area contributed by atoms with E-state index in [0.29, 0.717) is 17.2 Å². The second kappa shape index (κ2) is 7.27. The monoisotopic (exact) mass is 358 g/mol. The quantitative estimate of drug-likeness (QED) is 0.749. The first kappa shape index (κ1) is 18.3. The number of ether oxygens (including phenoxy) is 3. The summed E-state index contributed by atoms with van der Waals surface area (Å²) in [6.45, 7) is 0.727. The molecule has 24 heavy (non-hydrogen) atoms. The third-order valence-corrected chi connectivity index (χ3v) is 5.12. The number of methoxy groups -OCH3 is 3. The topological polar surface area (TPSA) is 94.2 Å². The van der Waals surface area contributed by atoms with E-state index in [1.54, 1.807) is 12.1 Å². The van der Waals surface area contributed by atoms with Crippen molar-refractivity contribution < 1.29 is 27.4 Å². The van der Waals surface area contributed by atoms with Crippen molar-refractivity contribution in [3.8, 4) is 17.2 Å². The molecule has 134 valence electrons. The van der Waals surface area contributed by atoms with Crippen LogP contribution in [0.4, 0.5) is 0 Å². The molecule has 1 heterocycles. The van der Waals surface area contributed by atoms with Crippen LogP contribution >= 0.6 is 0 Å². The lowest BCUT2D eigenvalue weighted by atomic mass is 10.0. The average Bonchev–Trinajstić information content (AvgIpc) is 2.48. The lowest BCUT2D eigenvalue weighted by molar-refractivity contribution is -0.128. The van der Waals surface area contributed by atoms with Gasteiger partial charge in [0.25, 0.3) is 0 Å². The van der Waals surface area contributed by atoms with E-state index in [1.807, 2.05) is 0 Å². The highest BCUT2D eigenvalue weighted by molar-refractivity contribution is 7.88. The minimum absolute atomic E-state index is 0.177. The molecule has 2 rings (SSSR count). The number of rotatable bonds is 7. The Morgan fingerprint density at radius 2 is 1.71 bits per heavy atom. The highest BCUT2D eigenvalue weighted by Crippen LogP contribution is 2.38. The Hall–Kier alpha value is -2.00. The molecular formula is C15H22N2O6S. The molecule has 8 nitrogen and oxygen atoms in total. The Labute approximate surface area is 141 Å². The van der Waals surface area contributed by atoms with Gasteiger partial charge in [-0.2, -0.15) is 0 Å². The normalized spacial score (nSPS) is 15.5. The van der Waals surface area contributed by atoms with Crippen molar-refractivity contribution in [2.45, 2.75) is 6.54 Å². The SMILES string of the molecule is COc1cc(CNC(=O)C2CN(S(C)(=O)=O)C2)cc(OC)c1OC. The summed E-state index contributed by atoms with van der Waals surface area (Å²) in [5, 5.41) is 2.80. The highest BCUT2D eigenvalue weighted by atomic mass is 32.2. The number of hydrogen-bond donors (Lipinski definition) is 1. The molecule has 1 aliphatic rings. The number of benzene rings is 1. The van der Waals surface area contributed by atoms with Crippen LogP contribution in [0.5, 0.6) is 17.2 Å². The van der Waals surface area contributed by atoms with Crippen LogP contribution in [0.3, 0.4) is 0 Å². The standard InChI is InChI=1S/C15H22N2O6S/c1-21-12-5-10(6-13(22-2)14(12)23-3)7-16-15(18)11-8-17(9-11)24(4,19)20/h5-6,11H,7-9H2,1-4H3,(H,16,18). The smallest absolute Gasteiger partial charge is 0.226 e. The molecule has 0 aliphatic carbocycles. The zero-order chi connectivity index (χ0) is 17.9. The molecule has 1 amide bonds. The number of hydrogen-bond acceptors (Lipinski definition) is 6. The summed E-state index contributed by atoms with van der Waals surface area (Å²) in [6.07, 6.45) is 1.14. The van der Waals surface area contributed by atoms with Crippen LogP contribution in [0.1, 0.15) is 5.56 Å². The van der Waals surface area contributed by atoms with E-state index in [0.717, 1.165) is 11.8 Å². The van der Waals surface area contributed by atoms with Gasteiger partial charge in [-0.25, -0.2) is 12.7 Å². The van der Waals surface area contributed by atoms with Gasteiger partial charge in [-0.05, 0) is 17.7 Å². The molecule has 1 aromatic carbocycles. The average molecular weight is 358 g/mol. The third kappa shape index (κ3) is 3.90. The van der Waals surface area contributed by atoms with Gasteiger partial charge in [0.1, 0.15) is 0 Å². The van der Waals surface area contributed by atoms with Gasteiger partial charge >= 0.3 is 0 Å². The summed E-state index contributed by atoms with van der Waals surface area (Å²) in [4.78, 5) is 12.1. The molecule has 1 saturated heterocycles. The van der Waals surface area contributed by atoms with Crippen LogP contribution in [0.2, 0.25) is 0 Å². The molecule has 1 aromatic rings. The predicted molar refractivity (Wildman–Crippen MR) is 87.9 cm³/mol. The van der Waals surface area contributed by atoms with E-state index >= 15 is 0 Å². The van der Waals surface area contributed by atoms with Gasteiger partial charge in [0.2, 0.25) is 21.7 Å². The summed E-state index contributed by atoms with van der Waals surface area (Å²) in [5.74, 6) is 1.00. The number of sulfonamides is 1. The lowest BCUT2D eigenvalue weighted by Crippen LogP contribution is -2.55. The molecule has 0 radical (unpaired) electrons. The molecule has 1 N–H and O–H groups in total. The summed E-state index contributed by atoms with van der Waals surface area (Å²) in [7, 11) is 1.34. The fourth-order valence-electron chi connectivity index (χ4n) is 2.45. The molecular weight excluding hydrogens is 336 g/mol. The minimum Gasteiger partial charge on any atom is -0.493 e. The van der Waals surface area contributed by atoms with Crippen LogP contribution in [0.15, 0.2) is 12.1 Å². The van der Waals surface area contributed by atoms with Crippen LogP contribution in [-0.4, -0.2) is 59.3 Å². The lowest BCUT2D eigenvalue weighted by Gasteiger charge is -2.35. The molecule has 1 aliphatic heterocycles. The number of amides is 1. The molecule has 0 atom stereocenters. The van der Waals surface area contributed by atoms with Gasteiger partial charge in [-0.15, -0.1) is 0 Å². The molecule has 1 fully saturated rings. The third-order valence-electron chi connectivity index (χ3n) is 3.88. The van der Waals surface area contributed by atoms with Gasteiger partial charge in [0.05, 0.1) is 33.5 Å². The predicted octanol–water partition coefficient (Wildman–Crippen LogP) is 0.220. The summed E-state index contributed by atoms with van der Waals surface area (Å²) >= 11 is 0. The molecule has 0 unspecified atom stereocenters. The number of carbonyl (C=O) groups is 1. The molecule has 0 saturated carbocycles. The maximum absolute atomic E-state index is 12.1. The van der Waals surface area contributed by atoms with Gasteiger partial charge < -0.3 is 19.5 Å². The van der Waals surface area contributed by atoms with E-state index in [2.05, 4.69) is 5.32 Å².